The summed E-state index contributed by atoms with van der Waals surface area (Å²) < 4.78 is 4.51. The standard InChI is InChI=1S/C8H17NO3/c1-7(2)9(4-5-10)6-8(11)12-3/h7,10H,4-6H2,1-3H3. The Morgan fingerprint density at radius 1 is 1.58 bits per heavy atom. The molecule has 0 amide bonds. The molecule has 12 heavy (non-hydrogen) atoms. The number of carbonyl (C=O) groups is 1. The topological polar surface area (TPSA) is 49.8 Å². The first-order chi connectivity index (χ1) is 5.61. The van der Waals surface area contributed by atoms with Crippen LogP contribution in [0.25, 0.3) is 0 Å². The molecule has 0 heterocycles. The van der Waals surface area contributed by atoms with Crippen molar-refractivity contribution in [3.63, 3.8) is 0 Å². The summed E-state index contributed by atoms with van der Waals surface area (Å²) in [5.41, 5.74) is 0. The molecule has 0 rings (SSSR count). The lowest BCUT2D eigenvalue weighted by molar-refractivity contribution is -0.142. The zero-order valence-corrected chi connectivity index (χ0v) is 7.91. The lowest BCUT2D eigenvalue weighted by Crippen LogP contribution is -2.38. The minimum atomic E-state index is -0.267. The van der Waals surface area contributed by atoms with E-state index in [9.17, 15) is 4.79 Å². The molecule has 0 aliphatic rings. The maximum Gasteiger partial charge on any atom is 0.319 e. The maximum atomic E-state index is 10.9. The van der Waals surface area contributed by atoms with Crippen molar-refractivity contribution in [2.75, 3.05) is 26.8 Å². The number of rotatable bonds is 5. The van der Waals surface area contributed by atoms with E-state index in [0.717, 1.165) is 0 Å². The summed E-state index contributed by atoms with van der Waals surface area (Å²) in [6.45, 7) is 4.76. The van der Waals surface area contributed by atoms with Gasteiger partial charge in [0.05, 0.1) is 20.3 Å². The van der Waals surface area contributed by atoms with E-state index >= 15 is 0 Å². The minimum Gasteiger partial charge on any atom is -0.468 e. The summed E-state index contributed by atoms with van der Waals surface area (Å²) in [6.07, 6.45) is 0. The Hall–Kier alpha value is -0.610. The first kappa shape index (κ1) is 11.4. The monoisotopic (exact) mass is 175 g/mol. The fourth-order valence-corrected chi connectivity index (χ4v) is 0.879. The van der Waals surface area contributed by atoms with Gasteiger partial charge in [0.1, 0.15) is 0 Å². The van der Waals surface area contributed by atoms with Crippen molar-refractivity contribution in [3.8, 4) is 0 Å². The number of carbonyl (C=O) groups excluding carboxylic acids is 1. The number of aliphatic hydroxyl groups excluding tert-OH is 1. The second-order valence-corrected chi connectivity index (χ2v) is 2.86. The Morgan fingerprint density at radius 3 is 2.50 bits per heavy atom. The third kappa shape index (κ3) is 4.31. The Kier molecular flexibility index (Phi) is 5.66. The molecule has 0 saturated heterocycles. The molecule has 72 valence electrons. The molecule has 0 aliphatic carbocycles. The van der Waals surface area contributed by atoms with Crippen molar-refractivity contribution in [1.82, 2.24) is 4.90 Å². The Balaban J connectivity index is 3.86. The highest BCUT2D eigenvalue weighted by Gasteiger charge is 2.12. The van der Waals surface area contributed by atoms with Crippen molar-refractivity contribution >= 4 is 5.97 Å². The molecular weight excluding hydrogens is 158 g/mol. The van der Waals surface area contributed by atoms with Gasteiger partial charge in [-0.2, -0.15) is 0 Å². The van der Waals surface area contributed by atoms with Crippen LogP contribution >= 0.6 is 0 Å². The lowest BCUT2D eigenvalue weighted by atomic mass is 10.3. The predicted octanol–water partition coefficient (Wildman–Crippen LogP) is -0.138. The number of aliphatic hydroxyl groups is 1. The number of hydrogen-bond donors (Lipinski definition) is 1. The van der Waals surface area contributed by atoms with Gasteiger partial charge in [0.2, 0.25) is 0 Å². The number of methoxy groups -OCH3 is 1. The van der Waals surface area contributed by atoms with Crippen molar-refractivity contribution in [1.29, 1.82) is 0 Å². The van der Waals surface area contributed by atoms with E-state index in [0.29, 0.717) is 6.54 Å². The molecule has 0 aliphatic heterocycles. The first-order valence-electron chi connectivity index (χ1n) is 4.03. The van der Waals surface area contributed by atoms with E-state index in [2.05, 4.69) is 4.74 Å². The smallest absolute Gasteiger partial charge is 0.319 e. The second kappa shape index (κ2) is 5.97. The molecule has 1 N–H and O–H groups in total. The summed E-state index contributed by atoms with van der Waals surface area (Å²) >= 11 is 0. The van der Waals surface area contributed by atoms with E-state index in [1.165, 1.54) is 7.11 Å². The molecule has 0 aromatic heterocycles. The van der Waals surface area contributed by atoms with Gasteiger partial charge in [-0.05, 0) is 13.8 Å². The molecule has 0 spiro atoms. The molecule has 0 saturated carbocycles. The molecule has 4 nitrogen and oxygen atoms in total. The summed E-state index contributed by atoms with van der Waals surface area (Å²) in [5, 5.41) is 8.68. The highest BCUT2D eigenvalue weighted by atomic mass is 16.5. The van der Waals surface area contributed by atoms with Crippen LogP contribution in [0.15, 0.2) is 0 Å². The zero-order chi connectivity index (χ0) is 9.56. The van der Waals surface area contributed by atoms with Crippen molar-refractivity contribution in [2.45, 2.75) is 19.9 Å². The summed E-state index contributed by atoms with van der Waals surface area (Å²) in [5.74, 6) is -0.267. The van der Waals surface area contributed by atoms with Crippen LogP contribution in [-0.2, 0) is 9.53 Å². The molecule has 4 heteroatoms. The molecule has 0 atom stereocenters. The second-order valence-electron chi connectivity index (χ2n) is 2.86. The Morgan fingerprint density at radius 2 is 2.17 bits per heavy atom. The summed E-state index contributed by atoms with van der Waals surface area (Å²) in [4.78, 5) is 12.7. The number of ether oxygens (including phenoxy) is 1. The van der Waals surface area contributed by atoms with E-state index in [-0.39, 0.29) is 25.2 Å². The highest BCUT2D eigenvalue weighted by Crippen LogP contribution is 1.96. The van der Waals surface area contributed by atoms with Gasteiger partial charge in [0.15, 0.2) is 0 Å². The van der Waals surface area contributed by atoms with Gasteiger partial charge in [0, 0.05) is 12.6 Å². The number of hydrogen-bond acceptors (Lipinski definition) is 4. The Bertz CT molecular complexity index is 136. The molecular formula is C8H17NO3. The van der Waals surface area contributed by atoms with Crippen LogP contribution in [-0.4, -0.2) is 48.8 Å². The predicted molar refractivity (Wildman–Crippen MR) is 45.8 cm³/mol. The van der Waals surface area contributed by atoms with Gasteiger partial charge < -0.3 is 9.84 Å². The molecule has 0 radical (unpaired) electrons. The van der Waals surface area contributed by atoms with Gasteiger partial charge in [-0.25, -0.2) is 0 Å². The molecule has 0 aromatic rings. The quantitative estimate of drug-likeness (QED) is 0.591. The number of nitrogens with zero attached hydrogens (tertiary/aromatic N) is 1. The van der Waals surface area contributed by atoms with Gasteiger partial charge in [0.25, 0.3) is 0 Å². The fourth-order valence-electron chi connectivity index (χ4n) is 0.879. The third-order valence-electron chi connectivity index (χ3n) is 1.68. The van der Waals surface area contributed by atoms with Crippen LogP contribution in [0.2, 0.25) is 0 Å². The largest absolute Gasteiger partial charge is 0.468 e. The van der Waals surface area contributed by atoms with E-state index in [4.69, 9.17) is 5.11 Å². The van der Waals surface area contributed by atoms with Crippen LogP contribution < -0.4 is 0 Å². The zero-order valence-electron chi connectivity index (χ0n) is 7.91. The van der Waals surface area contributed by atoms with Crippen LogP contribution in [0.5, 0.6) is 0 Å². The van der Waals surface area contributed by atoms with Crippen LogP contribution in [0.3, 0.4) is 0 Å². The summed E-state index contributed by atoms with van der Waals surface area (Å²) in [6, 6.07) is 0.247. The van der Waals surface area contributed by atoms with Gasteiger partial charge in [-0.3, -0.25) is 9.69 Å². The van der Waals surface area contributed by atoms with E-state index in [1.54, 1.807) is 0 Å². The fraction of sp³-hybridized carbons (Fsp3) is 0.875. The van der Waals surface area contributed by atoms with Crippen LogP contribution in [0.1, 0.15) is 13.8 Å². The van der Waals surface area contributed by atoms with Gasteiger partial charge in [-0.15, -0.1) is 0 Å². The van der Waals surface area contributed by atoms with Crippen molar-refractivity contribution < 1.29 is 14.6 Å². The SMILES string of the molecule is COC(=O)CN(CCO)C(C)C. The third-order valence-corrected chi connectivity index (χ3v) is 1.68. The molecule has 0 aromatic carbocycles. The maximum absolute atomic E-state index is 10.9. The van der Waals surface area contributed by atoms with E-state index < -0.39 is 0 Å². The summed E-state index contributed by atoms with van der Waals surface area (Å²) in [7, 11) is 1.36. The minimum absolute atomic E-state index is 0.0647. The van der Waals surface area contributed by atoms with E-state index in [1.807, 2.05) is 18.7 Å². The average molecular weight is 175 g/mol. The highest BCUT2D eigenvalue weighted by molar-refractivity contribution is 5.71. The van der Waals surface area contributed by atoms with Crippen molar-refractivity contribution in [2.24, 2.45) is 0 Å². The normalized spacial score (nSPS) is 10.8. The Labute approximate surface area is 73.1 Å². The van der Waals surface area contributed by atoms with Crippen molar-refractivity contribution in [3.05, 3.63) is 0 Å². The molecule has 0 unspecified atom stereocenters. The lowest BCUT2D eigenvalue weighted by Gasteiger charge is -2.23. The van der Waals surface area contributed by atoms with Gasteiger partial charge >= 0.3 is 5.97 Å². The first-order valence-corrected chi connectivity index (χ1v) is 4.03. The van der Waals surface area contributed by atoms with Gasteiger partial charge in [-0.1, -0.05) is 0 Å². The average Bonchev–Trinajstić information content (AvgIpc) is 2.03. The van der Waals surface area contributed by atoms with Crippen LogP contribution in [0.4, 0.5) is 0 Å². The van der Waals surface area contributed by atoms with Crippen LogP contribution in [0, 0.1) is 0 Å². The molecule has 0 bridgehead atoms. The molecule has 0 fully saturated rings. The number of esters is 1.